The fraction of sp³-hybridized carbons (Fsp3) is 0.867. The molecular weight excluding hydrogens is 256 g/mol. The Balaban J connectivity index is 1.79. The van der Waals surface area contributed by atoms with Crippen molar-refractivity contribution in [1.29, 1.82) is 0 Å². The molecule has 0 bridgehead atoms. The first-order valence-electron chi connectivity index (χ1n) is 7.87. The van der Waals surface area contributed by atoms with Crippen molar-refractivity contribution in [2.45, 2.75) is 39.0 Å². The molecule has 2 saturated heterocycles. The van der Waals surface area contributed by atoms with Crippen molar-refractivity contribution in [3.63, 3.8) is 0 Å². The molecule has 2 aliphatic heterocycles. The van der Waals surface area contributed by atoms with Gasteiger partial charge in [0.2, 0.25) is 5.91 Å². The van der Waals surface area contributed by atoms with Crippen LogP contribution in [0.3, 0.4) is 0 Å². The molecule has 0 aliphatic carbocycles. The average molecular weight is 282 g/mol. The van der Waals surface area contributed by atoms with Crippen LogP contribution in [0.25, 0.3) is 0 Å². The molecule has 0 aromatic rings. The highest BCUT2D eigenvalue weighted by Crippen LogP contribution is 2.18. The van der Waals surface area contributed by atoms with Gasteiger partial charge < -0.3 is 9.64 Å². The third-order valence-corrected chi connectivity index (χ3v) is 4.19. The maximum absolute atomic E-state index is 12.2. The molecule has 0 spiro atoms. The largest absolute Gasteiger partial charge is 0.466 e. The van der Waals surface area contributed by atoms with Gasteiger partial charge in [0, 0.05) is 19.6 Å². The topological polar surface area (TPSA) is 49.9 Å². The van der Waals surface area contributed by atoms with E-state index in [9.17, 15) is 9.59 Å². The number of ether oxygens (including phenoxy) is 1. The van der Waals surface area contributed by atoms with E-state index in [-0.39, 0.29) is 17.8 Å². The molecule has 1 atom stereocenters. The summed E-state index contributed by atoms with van der Waals surface area (Å²) in [5, 5.41) is 0. The van der Waals surface area contributed by atoms with E-state index < -0.39 is 0 Å². The Hall–Kier alpha value is -1.10. The fourth-order valence-corrected chi connectivity index (χ4v) is 3.09. The normalized spacial score (nSPS) is 24.4. The van der Waals surface area contributed by atoms with Crippen LogP contribution in [0.4, 0.5) is 0 Å². The minimum absolute atomic E-state index is 0.0575. The fourth-order valence-electron chi connectivity index (χ4n) is 3.09. The van der Waals surface area contributed by atoms with E-state index in [0.717, 1.165) is 45.3 Å². The lowest BCUT2D eigenvalue weighted by atomic mass is 9.98. The number of likely N-dealkylation sites (tertiary alicyclic amines) is 2. The Morgan fingerprint density at radius 2 is 1.85 bits per heavy atom. The molecular formula is C15H26N2O3. The predicted molar refractivity (Wildman–Crippen MR) is 76.2 cm³/mol. The minimum Gasteiger partial charge on any atom is -0.466 e. The van der Waals surface area contributed by atoms with Gasteiger partial charge in [0.25, 0.3) is 0 Å². The quantitative estimate of drug-likeness (QED) is 0.729. The third-order valence-electron chi connectivity index (χ3n) is 4.19. The van der Waals surface area contributed by atoms with Crippen LogP contribution in [0, 0.1) is 5.92 Å². The molecule has 2 heterocycles. The van der Waals surface area contributed by atoms with Gasteiger partial charge in [-0.05, 0) is 45.6 Å². The van der Waals surface area contributed by atoms with Crippen molar-refractivity contribution in [1.82, 2.24) is 9.80 Å². The van der Waals surface area contributed by atoms with Crippen LogP contribution in [0.5, 0.6) is 0 Å². The molecule has 114 valence electrons. The van der Waals surface area contributed by atoms with Crippen molar-refractivity contribution in [3.05, 3.63) is 0 Å². The van der Waals surface area contributed by atoms with E-state index in [0.29, 0.717) is 19.7 Å². The molecule has 2 fully saturated rings. The number of hydrogen-bond acceptors (Lipinski definition) is 4. The summed E-state index contributed by atoms with van der Waals surface area (Å²) >= 11 is 0. The molecule has 0 N–H and O–H groups in total. The van der Waals surface area contributed by atoms with Gasteiger partial charge in [-0.15, -0.1) is 0 Å². The number of carbonyl (C=O) groups is 2. The van der Waals surface area contributed by atoms with Gasteiger partial charge in [0.15, 0.2) is 0 Å². The summed E-state index contributed by atoms with van der Waals surface area (Å²) in [5.74, 6) is 0.0506. The molecule has 0 aromatic heterocycles. The van der Waals surface area contributed by atoms with Gasteiger partial charge in [-0.25, -0.2) is 0 Å². The molecule has 0 aromatic carbocycles. The lowest BCUT2D eigenvalue weighted by Gasteiger charge is -2.33. The van der Waals surface area contributed by atoms with Gasteiger partial charge in [-0.2, -0.15) is 0 Å². The molecule has 2 aliphatic rings. The molecule has 2 rings (SSSR count). The van der Waals surface area contributed by atoms with Gasteiger partial charge in [-0.3, -0.25) is 14.5 Å². The lowest BCUT2D eigenvalue weighted by Crippen LogP contribution is -2.47. The summed E-state index contributed by atoms with van der Waals surface area (Å²) in [4.78, 5) is 28.1. The first-order chi connectivity index (χ1) is 9.70. The van der Waals surface area contributed by atoms with Crippen LogP contribution in [-0.4, -0.2) is 61.0 Å². The molecule has 20 heavy (non-hydrogen) atoms. The zero-order valence-electron chi connectivity index (χ0n) is 12.5. The SMILES string of the molecule is CCOC(=O)[C@H]1CCCN(CC(=O)N2CCCCC2)C1. The van der Waals surface area contributed by atoms with E-state index in [1.807, 2.05) is 11.8 Å². The van der Waals surface area contributed by atoms with Crippen molar-refractivity contribution >= 4 is 11.9 Å². The number of nitrogens with zero attached hydrogens (tertiary/aromatic N) is 2. The minimum atomic E-state index is -0.109. The smallest absolute Gasteiger partial charge is 0.310 e. The monoisotopic (exact) mass is 282 g/mol. The van der Waals surface area contributed by atoms with Crippen molar-refractivity contribution in [2.75, 3.05) is 39.3 Å². The summed E-state index contributed by atoms with van der Waals surface area (Å²) in [6.07, 6.45) is 5.33. The standard InChI is InChI=1S/C15H26N2O3/c1-2-20-15(19)13-7-6-8-16(11-13)12-14(18)17-9-4-3-5-10-17/h13H,2-12H2,1H3/t13-/m0/s1. The average Bonchev–Trinajstić information content (AvgIpc) is 2.48. The summed E-state index contributed by atoms with van der Waals surface area (Å²) in [5.41, 5.74) is 0. The molecule has 0 radical (unpaired) electrons. The Kier molecular flexibility index (Phi) is 5.83. The van der Waals surface area contributed by atoms with Crippen molar-refractivity contribution in [2.24, 2.45) is 5.92 Å². The Labute approximate surface area is 121 Å². The first kappa shape index (κ1) is 15.3. The van der Waals surface area contributed by atoms with Gasteiger partial charge in [0.05, 0.1) is 19.1 Å². The van der Waals surface area contributed by atoms with Crippen LogP contribution >= 0.6 is 0 Å². The van der Waals surface area contributed by atoms with Crippen molar-refractivity contribution in [3.8, 4) is 0 Å². The number of piperidine rings is 2. The summed E-state index contributed by atoms with van der Waals surface area (Å²) in [7, 11) is 0. The number of hydrogen-bond donors (Lipinski definition) is 0. The zero-order valence-corrected chi connectivity index (χ0v) is 12.5. The van der Waals surface area contributed by atoms with E-state index in [1.165, 1.54) is 6.42 Å². The molecule has 5 heteroatoms. The second kappa shape index (κ2) is 7.62. The van der Waals surface area contributed by atoms with E-state index in [2.05, 4.69) is 4.90 Å². The van der Waals surface area contributed by atoms with Gasteiger partial charge in [-0.1, -0.05) is 0 Å². The maximum Gasteiger partial charge on any atom is 0.310 e. The number of amides is 1. The molecule has 1 amide bonds. The second-order valence-electron chi connectivity index (χ2n) is 5.77. The predicted octanol–water partition coefficient (Wildman–Crippen LogP) is 1.27. The number of rotatable bonds is 4. The van der Waals surface area contributed by atoms with Gasteiger partial charge in [0.1, 0.15) is 0 Å². The van der Waals surface area contributed by atoms with Crippen LogP contribution in [0.1, 0.15) is 39.0 Å². The summed E-state index contributed by atoms with van der Waals surface area (Å²) in [6, 6.07) is 0. The highest BCUT2D eigenvalue weighted by Gasteiger charge is 2.28. The first-order valence-corrected chi connectivity index (χ1v) is 7.87. The lowest BCUT2D eigenvalue weighted by molar-refractivity contribution is -0.150. The van der Waals surface area contributed by atoms with Crippen molar-refractivity contribution < 1.29 is 14.3 Å². The van der Waals surface area contributed by atoms with Gasteiger partial charge >= 0.3 is 5.97 Å². The van der Waals surface area contributed by atoms with E-state index in [1.54, 1.807) is 0 Å². The molecule has 0 unspecified atom stereocenters. The zero-order chi connectivity index (χ0) is 14.4. The summed E-state index contributed by atoms with van der Waals surface area (Å²) < 4.78 is 5.09. The molecule has 5 nitrogen and oxygen atoms in total. The molecule has 0 saturated carbocycles. The van der Waals surface area contributed by atoms with Crippen LogP contribution in [0.2, 0.25) is 0 Å². The highest BCUT2D eigenvalue weighted by atomic mass is 16.5. The third kappa shape index (κ3) is 4.20. The highest BCUT2D eigenvalue weighted by molar-refractivity contribution is 5.78. The summed E-state index contributed by atoms with van der Waals surface area (Å²) in [6.45, 7) is 6.09. The Morgan fingerprint density at radius 3 is 2.55 bits per heavy atom. The van der Waals surface area contributed by atoms with Crippen LogP contribution in [-0.2, 0) is 14.3 Å². The number of esters is 1. The second-order valence-corrected chi connectivity index (χ2v) is 5.77. The van der Waals surface area contributed by atoms with E-state index in [4.69, 9.17) is 4.74 Å². The van der Waals surface area contributed by atoms with Crippen LogP contribution in [0.15, 0.2) is 0 Å². The maximum atomic E-state index is 12.2. The van der Waals surface area contributed by atoms with E-state index >= 15 is 0 Å². The Morgan fingerprint density at radius 1 is 1.10 bits per heavy atom. The number of carbonyl (C=O) groups excluding carboxylic acids is 2. The Bertz CT molecular complexity index is 340. The van der Waals surface area contributed by atoms with Crippen LogP contribution < -0.4 is 0 Å².